The summed E-state index contributed by atoms with van der Waals surface area (Å²) in [5.74, 6) is -0.379. The number of rotatable bonds is 14. The highest BCUT2D eigenvalue weighted by Gasteiger charge is 2.44. The summed E-state index contributed by atoms with van der Waals surface area (Å²) in [6.45, 7) is 6.71. The Bertz CT molecular complexity index is 2050. The molecule has 4 amide bonds. The minimum absolute atomic E-state index is 0.0965. The fourth-order valence-corrected chi connectivity index (χ4v) is 7.91. The molecule has 10 nitrogen and oxygen atoms in total. The molecule has 284 valence electrons. The van der Waals surface area contributed by atoms with Crippen LogP contribution in [0, 0.1) is 5.92 Å². The number of benzene rings is 4. The molecular formula is C45H48N4O6. The number of likely N-dealkylation sites (tertiary alicyclic amines) is 1. The summed E-state index contributed by atoms with van der Waals surface area (Å²) in [7, 11) is 0. The first-order valence-electron chi connectivity index (χ1n) is 19.4. The van der Waals surface area contributed by atoms with Gasteiger partial charge in [-0.05, 0) is 134 Å². The van der Waals surface area contributed by atoms with Crippen molar-refractivity contribution in [1.29, 1.82) is 0 Å². The Morgan fingerprint density at radius 1 is 0.800 bits per heavy atom. The normalized spacial score (nSPS) is 18.2. The van der Waals surface area contributed by atoms with Gasteiger partial charge in [0.1, 0.15) is 17.5 Å². The maximum absolute atomic E-state index is 13.2. The molecule has 2 saturated heterocycles. The van der Waals surface area contributed by atoms with Gasteiger partial charge in [0.25, 0.3) is 11.8 Å². The molecule has 55 heavy (non-hydrogen) atoms. The molecular weight excluding hydrogens is 693 g/mol. The number of aromatic hydroxyl groups is 1. The fraction of sp³-hybridized carbons (Fsp3) is 0.333. The van der Waals surface area contributed by atoms with Crippen molar-refractivity contribution < 1.29 is 29.0 Å². The smallest absolute Gasteiger partial charge is 0.262 e. The highest BCUT2D eigenvalue weighted by molar-refractivity contribution is 6.23. The van der Waals surface area contributed by atoms with Gasteiger partial charge in [0, 0.05) is 18.7 Å². The van der Waals surface area contributed by atoms with E-state index in [-0.39, 0.29) is 35.6 Å². The second kappa shape index (κ2) is 17.2. The molecule has 3 N–H and O–H groups in total. The molecule has 1 atom stereocenters. The summed E-state index contributed by atoms with van der Waals surface area (Å²) in [4.78, 5) is 53.6. The van der Waals surface area contributed by atoms with E-state index in [0.29, 0.717) is 12.5 Å². The van der Waals surface area contributed by atoms with Gasteiger partial charge < -0.3 is 20.1 Å². The van der Waals surface area contributed by atoms with Crippen molar-refractivity contribution in [3.8, 4) is 11.5 Å². The number of phenols is 1. The van der Waals surface area contributed by atoms with E-state index in [9.17, 15) is 24.3 Å². The number of fused-ring (bicyclic) bond motifs is 1. The van der Waals surface area contributed by atoms with E-state index in [1.165, 1.54) is 11.1 Å². The number of hydrogen-bond donors (Lipinski definition) is 3. The van der Waals surface area contributed by atoms with Crippen LogP contribution in [-0.4, -0.2) is 77.4 Å². The zero-order valence-corrected chi connectivity index (χ0v) is 31.3. The summed E-state index contributed by atoms with van der Waals surface area (Å²) in [5.41, 5.74) is 7.10. The van der Waals surface area contributed by atoms with Crippen LogP contribution >= 0.6 is 0 Å². The molecule has 0 spiro atoms. The minimum Gasteiger partial charge on any atom is -0.508 e. The van der Waals surface area contributed by atoms with E-state index < -0.39 is 23.8 Å². The topological polar surface area (TPSA) is 128 Å². The molecule has 3 aliphatic heterocycles. The van der Waals surface area contributed by atoms with E-state index in [0.717, 1.165) is 91.3 Å². The third-order valence-corrected chi connectivity index (χ3v) is 11.0. The monoisotopic (exact) mass is 740 g/mol. The number of hydrogen-bond acceptors (Lipinski definition) is 8. The Kier molecular flexibility index (Phi) is 11.7. The summed E-state index contributed by atoms with van der Waals surface area (Å²) >= 11 is 0. The Labute approximate surface area is 322 Å². The number of imide groups is 2. The molecule has 0 radical (unpaired) electrons. The summed E-state index contributed by atoms with van der Waals surface area (Å²) in [6, 6.07) is 30.4. The molecule has 10 heteroatoms. The van der Waals surface area contributed by atoms with Gasteiger partial charge in [-0.25, -0.2) is 0 Å². The lowest BCUT2D eigenvalue weighted by Crippen LogP contribution is -2.54. The van der Waals surface area contributed by atoms with E-state index in [1.807, 2.05) is 36.4 Å². The maximum atomic E-state index is 13.2. The number of carbonyl (C=O) groups excluding carboxylic acids is 4. The second-order valence-corrected chi connectivity index (χ2v) is 14.6. The molecule has 0 saturated carbocycles. The van der Waals surface area contributed by atoms with Crippen LogP contribution in [0.1, 0.15) is 89.3 Å². The molecule has 4 aromatic rings. The van der Waals surface area contributed by atoms with Crippen LogP contribution in [0.2, 0.25) is 0 Å². The first-order chi connectivity index (χ1) is 26.8. The largest absolute Gasteiger partial charge is 0.508 e. The zero-order valence-electron chi connectivity index (χ0n) is 31.3. The van der Waals surface area contributed by atoms with Gasteiger partial charge in [0.2, 0.25) is 11.8 Å². The van der Waals surface area contributed by atoms with Gasteiger partial charge in [0.05, 0.1) is 17.7 Å². The first-order valence-corrected chi connectivity index (χ1v) is 19.4. The quantitative estimate of drug-likeness (QED) is 0.0707. The van der Waals surface area contributed by atoms with Crippen molar-refractivity contribution >= 4 is 40.5 Å². The minimum atomic E-state index is -0.966. The number of amides is 4. The molecule has 0 bridgehead atoms. The molecule has 0 aromatic heterocycles. The maximum Gasteiger partial charge on any atom is 0.262 e. The van der Waals surface area contributed by atoms with E-state index in [4.69, 9.17) is 4.74 Å². The summed E-state index contributed by atoms with van der Waals surface area (Å²) < 4.78 is 6.15. The van der Waals surface area contributed by atoms with Gasteiger partial charge in [-0.1, -0.05) is 61.5 Å². The number of unbranched alkanes of at least 4 members (excludes halogenated alkanes) is 1. The Balaban J connectivity index is 0.842. The Morgan fingerprint density at radius 3 is 2.18 bits per heavy atom. The third kappa shape index (κ3) is 8.65. The first kappa shape index (κ1) is 37.6. The van der Waals surface area contributed by atoms with Gasteiger partial charge in [-0.2, -0.15) is 0 Å². The second-order valence-electron chi connectivity index (χ2n) is 14.6. The molecule has 4 aromatic carbocycles. The number of piperidine rings is 2. The lowest BCUT2D eigenvalue weighted by atomic mass is 9.88. The number of nitrogens with one attached hydrogen (secondary N) is 2. The van der Waals surface area contributed by atoms with E-state index in [2.05, 4.69) is 58.9 Å². The fourth-order valence-electron chi connectivity index (χ4n) is 7.91. The average Bonchev–Trinajstić information content (AvgIpc) is 3.45. The molecule has 3 aliphatic rings. The van der Waals surface area contributed by atoms with Crippen LogP contribution in [0.15, 0.2) is 97.1 Å². The summed E-state index contributed by atoms with van der Waals surface area (Å²) in [6.07, 6.45) is 5.28. The van der Waals surface area contributed by atoms with Crippen LogP contribution in [0.25, 0.3) is 11.1 Å². The predicted molar refractivity (Wildman–Crippen MR) is 213 cm³/mol. The van der Waals surface area contributed by atoms with Gasteiger partial charge in [-0.3, -0.25) is 29.4 Å². The van der Waals surface area contributed by atoms with Crippen LogP contribution < -0.4 is 15.4 Å². The van der Waals surface area contributed by atoms with Crippen molar-refractivity contribution in [2.75, 3.05) is 38.1 Å². The number of anilines is 1. The van der Waals surface area contributed by atoms with Crippen LogP contribution in [0.5, 0.6) is 11.5 Å². The molecule has 1 unspecified atom stereocenters. The number of phenolic OH excluding ortho intramolecular Hbond substituents is 1. The lowest BCUT2D eigenvalue weighted by molar-refractivity contribution is -0.136. The van der Waals surface area contributed by atoms with E-state index in [1.54, 1.807) is 24.3 Å². The number of carbonyl (C=O) groups is 4. The predicted octanol–water partition coefficient (Wildman–Crippen LogP) is 7.15. The van der Waals surface area contributed by atoms with Crippen molar-refractivity contribution in [2.24, 2.45) is 5.92 Å². The highest BCUT2D eigenvalue weighted by Crippen LogP contribution is 2.36. The lowest BCUT2D eigenvalue weighted by Gasteiger charge is -2.32. The third-order valence-electron chi connectivity index (χ3n) is 11.0. The number of allylic oxidation sites excluding steroid dienone is 1. The standard InChI is InChI=1S/C45H48N4O6/c1-2-37(31-8-4-3-5-9-31)42(32-10-15-35(50)16-11-32)33-12-17-36(18-13-33)55-27-7-6-24-48-25-22-30(23-26-48)29-46-34-14-19-38-39(28-34)45(54)49(44(38)53)40-20-21-41(51)47-43(40)52/h3-5,8-19,28,30,40,46,50H,2,6-7,20-27,29H2,1H3,(H,47,51,52)/b42-37-. The van der Waals surface area contributed by atoms with Crippen LogP contribution in [0.4, 0.5) is 5.69 Å². The van der Waals surface area contributed by atoms with Crippen molar-refractivity contribution in [3.05, 3.63) is 125 Å². The molecule has 3 heterocycles. The van der Waals surface area contributed by atoms with Crippen molar-refractivity contribution in [3.63, 3.8) is 0 Å². The van der Waals surface area contributed by atoms with Crippen molar-refractivity contribution in [2.45, 2.75) is 57.9 Å². The van der Waals surface area contributed by atoms with E-state index >= 15 is 0 Å². The van der Waals surface area contributed by atoms with Gasteiger partial charge in [0.15, 0.2) is 0 Å². The van der Waals surface area contributed by atoms with Crippen LogP contribution in [-0.2, 0) is 9.59 Å². The highest BCUT2D eigenvalue weighted by atomic mass is 16.5. The Hall–Kier alpha value is -5.74. The Morgan fingerprint density at radius 2 is 1.49 bits per heavy atom. The zero-order chi connectivity index (χ0) is 38.3. The molecule has 2 fully saturated rings. The number of nitrogens with zero attached hydrogens (tertiary/aromatic N) is 2. The average molecular weight is 741 g/mol. The van der Waals surface area contributed by atoms with Crippen molar-refractivity contribution in [1.82, 2.24) is 15.1 Å². The summed E-state index contributed by atoms with van der Waals surface area (Å²) in [5, 5.41) is 15.6. The SMILES string of the molecule is CC/C(=C(\c1ccc(O)cc1)c1ccc(OCCCCN2CCC(CNc3ccc4c(c3)C(=O)N(C3CCC(=O)NC3=O)C4=O)CC2)cc1)c1ccccc1. The molecule has 7 rings (SSSR count). The number of ether oxygens (including phenoxy) is 1. The van der Waals surface area contributed by atoms with Gasteiger partial charge >= 0.3 is 0 Å². The molecule has 0 aliphatic carbocycles. The van der Waals surface area contributed by atoms with Gasteiger partial charge in [-0.15, -0.1) is 0 Å². The van der Waals surface area contributed by atoms with Crippen LogP contribution in [0.3, 0.4) is 0 Å².